The minimum Gasteiger partial charge on any atom is -0.352 e. The van der Waals surface area contributed by atoms with Crippen LogP contribution in [0, 0.1) is 0 Å². The minimum absolute atomic E-state index is 0.0799. The Morgan fingerprint density at radius 3 is 2.50 bits per heavy atom. The smallest absolute Gasteiger partial charge is 0.274 e. The Bertz CT molecular complexity index is 871. The summed E-state index contributed by atoms with van der Waals surface area (Å²) in [4.78, 5) is 23.6. The van der Waals surface area contributed by atoms with Crippen molar-refractivity contribution in [2.24, 2.45) is 0 Å². The van der Waals surface area contributed by atoms with Crippen LogP contribution in [-0.4, -0.2) is 23.6 Å². The SMILES string of the molecule is O=C(NO)c1ccc(CCNC(=O)c2csc3ccccc23)cc1. The van der Waals surface area contributed by atoms with E-state index in [9.17, 15) is 9.59 Å². The van der Waals surface area contributed by atoms with Crippen LogP contribution in [0.3, 0.4) is 0 Å². The lowest BCUT2D eigenvalue weighted by Gasteiger charge is -2.06. The van der Waals surface area contributed by atoms with Gasteiger partial charge < -0.3 is 5.32 Å². The fraction of sp³-hybridized carbons (Fsp3) is 0.111. The van der Waals surface area contributed by atoms with Crippen molar-refractivity contribution in [2.45, 2.75) is 6.42 Å². The molecule has 0 saturated heterocycles. The number of hydrogen-bond donors (Lipinski definition) is 3. The Morgan fingerprint density at radius 1 is 1.00 bits per heavy atom. The molecule has 0 aliphatic carbocycles. The third-order valence-electron chi connectivity index (χ3n) is 3.74. The van der Waals surface area contributed by atoms with Crippen LogP contribution in [0.5, 0.6) is 0 Å². The van der Waals surface area contributed by atoms with Crippen LogP contribution in [0.1, 0.15) is 26.3 Å². The lowest BCUT2D eigenvalue weighted by atomic mass is 10.1. The van der Waals surface area contributed by atoms with Gasteiger partial charge in [-0.3, -0.25) is 14.8 Å². The Kier molecular flexibility index (Phi) is 4.88. The first kappa shape index (κ1) is 16.2. The third-order valence-corrected chi connectivity index (χ3v) is 4.71. The van der Waals surface area contributed by atoms with Gasteiger partial charge >= 0.3 is 0 Å². The zero-order valence-corrected chi connectivity index (χ0v) is 13.6. The zero-order valence-electron chi connectivity index (χ0n) is 12.8. The van der Waals surface area contributed by atoms with E-state index in [4.69, 9.17) is 5.21 Å². The molecule has 0 unspecified atom stereocenters. The number of nitrogens with one attached hydrogen (secondary N) is 2. The van der Waals surface area contributed by atoms with Gasteiger partial charge in [-0.1, -0.05) is 30.3 Å². The van der Waals surface area contributed by atoms with Crippen molar-refractivity contribution in [1.82, 2.24) is 10.8 Å². The van der Waals surface area contributed by atoms with Gasteiger partial charge in [0, 0.05) is 27.6 Å². The van der Waals surface area contributed by atoms with Crippen molar-refractivity contribution in [2.75, 3.05) is 6.54 Å². The van der Waals surface area contributed by atoms with E-state index in [2.05, 4.69) is 5.32 Å². The van der Waals surface area contributed by atoms with Crippen LogP contribution < -0.4 is 10.8 Å². The van der Waals surface area contributed by atoms with Crippen molar-refractivity contribution >= 4 is 33.2 Å². The molecule has 2 aromatic carbocycles. The molecule has 0 spiro atoms. The van der Waals surface area contributed by atoms with Gasteiger partial charge in [0.15, 0.2) is 0 Å². The molecule has 1 aromatic heterocycles. The topological polar surface area (TPSA) is 78.4 Å². The van der Waals surface area contributed by atoms with Crippen LogP contribution in [0.25, 0.3) is 10.1 Å². The van der Waals surface area contributed by atoms with E-state index in [0.717, 1.165) is 15.6 Å². The van der Waals surface area contributed by atoms with Gasteiger partial charge in [0.05, 0.1) is 5.56 Å². The van der Waals surface area contributed by atoms with Gasteiger partial charge in [-0.15, -0.1) is 11.3 Å². The molecule has 122 valence electrons. The maximum atomic E-state index is 12.3. The van der Waals surface area contributed by atoms with Crippen LogP contribution in [0.15, 0.2) is 53.9 Å². The van der Waals surface area contributed by atoms with Gasteiger partial charge in [0.25, 0.3) is 11.8 Å². The summed E-state index contributed by atoms with van der Waals surface area (Å²) in [6.07, 6.45) is 0.662. The maximum Gasteiger partial charge on any atom is 0.274 e. The van der Waals surface area contributed by atoms with E-state index in [-0.39, 0.29) is 5.91 Å². The molecule has 5 nitrogen and oxygen atoms in total. The van der Waals surface area contributed by atoms with E-state index < -0.39 is 5.91 Å². The van der Waals surface area contributed by atoms with Crippen molar-refractivity contribution < 1.29 is 14.8 Å². The average Bonchev–Trinajstić information content (AvgIpc) is 3.06. The highest BCUT2D eigenvalue weighted by atomic mass is 32.1. The monoisotopic (exact) mass is 340 g/mol. The molecular weight excluding hydrogens is 324 g/mol. The average molecular weight is 340 g/mol. The first-order valence-corrected chi connectivity index (χ1v) is 8.35. The second kappa shape index (κ2) is 7.25. The first-order chi connectivity index (χ1) is 11.7. The molecule has 0 aliphatic heterocycles. The van der Waals surface area contributed by atoms with Crippen LogP contribution in [0.4, 0.5) is 0 Å². The van der Waals surface area contributed by atoms with Crippen molar-refractivity contribution in [1.29, 1.82) is 0 Å². The van der Waals surface area contributed by atoms with Crippen molar-refractivity contribution in [3.63, 3.8) is 0 Å². The summed E-state index contributed by atoms with van der Waals surface area (Å²) < 4.78 is 1.10. The Morgan fingerprint density at radius 2 is 1.75 bits per heavy atom. The quantitative estimate of drug-likeness (QED) is 0.493. The Hall–Kier alpha value is -2.70. The van der Waals surface area contributed by atoms with Gasteiger partial charge in [-0.25, -0.2) is 5.48 Å². The lowest BCUT2D eigenvalue weighted by Crippen LogP contribution is -2.25. The molecule has 1 heterocycles. The molecular formula is C18H16N2O3S. The summed E-state index contributed by atoms with van der Waals surface area (Å²) in [5.74, 6) is -0.622. The van der Waals surface area contributed by atoms with Crippen LogP contribution >= 0.6 is 11.3 Å². The molecule has 0 fully saturated rings. The summed E-state index contributed by atoms with van der Waals surface area (Å²) in [5, 5.41) is 14.4. The first-order valence-electron chi connectivity index (χ1n) is 7.47. The van der Waals surface area contributed by atoms with E-state index >= 15 is 0 Å². The molecule has 3 aromatic rings. The molecule has 0 atom stereocenters. The molecule has 3 N–H and O–H groups in total. The number of hydrogen-bond acceptors (Lipinski definition) is 4. The van der Waals surface area contributed by atoms with E-state index in [1.165, 1.54) is 0 Å². The summed E-state index contributed by atoms with van der Waals surface area (Å²) >= 11 is 1.56. The third kappa shape index (κ3) is 3.45. The molecule has 0 bridgehead atoms. The number of benzene rings is 2. The van der Waals surface area contributed by atoms with Crippen molar-refractivity contribution in [3.05, 3.63) is 70.6 Å². The number of amides is 2. The molecule has 0 radical (unpaired) electrons. The highest BCUT2D eigenvalue weighted by Crippen LogP contribution is 2.25. The highest BCUT2D eigenvalue weighted by molar-refractivity contribution is 7.17. The predicted octanol–water partition coefficient (Wildman–Crippen LogP) is 2.99. The summed E-state index contributed by atoms with van der Waals surface area (Å²) in [6.45, 7) is 0.508. The largest absolute Gasteiger partial charge is 0.352 e. The summed E-state index contributed by atoms with van der Waals surface area (Å²) in [5.41, 5.74) is 3.68. The van der Waals surface area contributed by atoms with Gasteiger partial charge in [0.2, 0.25) is 0 Å². The van der Waals surface area contributed by atoms with Crippen molar-refractivity contribution in [3.8, 4) is 0 Å². The number of carbonyl (C=O) groups is 2. The molecule has 0 saturated carbocycles. The van der Waals surface area contributed by atoms with Gasteiger partial charge in [-0.2, -0.15) is 0 Å². The van der Waals surface area contributed by atoms with E-state index in [0.29, 0.717) is 24.1 Å². The van der Waals surface area contributed by atoms with Crippen LogP contribution in [-0.2, 0) is 6.42 Å². The molecule has 3 rings (SSSR count). The Labute approximate surface area is 142 Å². The summed E-state index contributed by atoms with van der Waals surface area (Å²) in [6, 6.07) is 14.7. The number of hydroxylamine groups is 1. The number of rotatable bonds is 5. The normalized spacial score (nSPS) is 10.5. The molecule has 24 heavy (non-hydrogen) atoms. The fourth-order valence-corrected chi connectivity index (χ4v) is 3.40. The number of thiophene rings is 1. The molecule has 0 aliphatic rings. The highest BCUT2D eigenvalue weighted by Gasteiger charge is 2.11. The minimum atomic E-state index is -0.542. The second-order valence-corrected chi connectivity index (χ2v) is 6.20. The zero-order chi connectivity index (χ0) is 16.9. The lowest BCUT2D eigenvalue weighted by molar-refractivity contribution is 0.0706. The predicted molar refractivity (Wildman–Crippen MR) is 93.6 cm³/mol. The molecule has 6 heteroatoms. The second-order valence-electron chi connectivity index (χ2n) is 5.29. The number of carbonyl (C=O) groups excluding carboxylic acids is 2. The van der Waals surface area contributed by atoms with Gasteiger partial charge in [-0.05, 0) is 30.2 Å². The fourth-order valence-electron chi connectivity index (χ4n) is 2.46. The van der Waals surface area contributed by atoms with E-state index in [1.807, 2.05) is 29.6 Å². The molecule has 2 amide bonds. The van der Waals surface area contributed by atoms with Crippen LogP contribution in [0.2, 0.25) is 0 Å². The standard InChI is InChI=1S/C18H16N2O3S/c21-17(20-23)13-7-5-12(6-8-13)9-10-19-18(22)15-11-24-16-4-2-1-3-14(15)16/h1-8,11,23H,9-10H2,(H,19,22)(H,20,21). The van der Waals surface area contributed by atoms with E-state index in [1.54, 1.807) is 41.1 Å². The maximum absolute atomic E-state index is 12.3. The Balaban J connectivity index is 1.58. The van der Waals surface area contributed by atoms with Gasteiger partial charge in [0.1, 0.15) is 0 Å². The summed E-state index contributed by atoms with van der Waals surface area (Å²) in [7, 11) is 0. The number of fused-ring (bicyclic) bond motifs is 1.